The number of aliphatic hydroxyl groups excluding tert-OH is 1. The molecule has 52 heavy (non-hydrogen) atoms. The van der Waals surface area contributed by atoms with Gasteiger partial charge in [0, 0.05) is 52.0 Å². The van der Waals surface area contributed by atoms with E-state index in [4.69, 9.17) is 22.7 Å². The molecule has 0 amide bonds. The van der Waals surface area contributed by atoms with Crippen molar-refractivity contribution in [1.29, 1.82) is 5.26 Å². The molecule has 2 aliphatic heterocycles. The van der Waals surface area contributed by atoms with Gasteiger partial charge in [-0.3, -0.25) is 4.98 Å². The number of hydrogen-bond acceptors (Lipinski definition) is 10. The van der Waals surface area contributed by atoms with Crippen LogP contribution in [0.2, 0.25) is 10.1 Å². The average Bonchev–Trinajstić information content (AvgIpc) is 3.07. The molecule has 3 unspecified atom stereocenters. The number of carbonyl (C=O) groups excluding carboxylic acids is 1. The number of fused-ring (bicyclic) bond motifs is 6. The van der Waals surface area contributed by atoms with Gasteiger partial charge in [0.1, 0.15) is 28.8 Å². The quantitative estimate of drug-likeness (QED) is 0.209. The molecule has 0 radical (unpaired) electrons. The van der Waals surface area contributed by atoms with Gasteiger partial charge in [-0.1, -0.05) is 55.4 Å². The Kier molecular flexibility index (Phi) is 8.50. The zero-order valence-electron chi connectivity index (χ0n) is 31.6. The average molecular weight is 727 g/mol. The molecule has 10 nitrogen and oxygen atoms in total. The highest BCUT2D eigenvalue weighted by Crippen LogP contribution is 2.70. The van der Waals surface area contributed by atoms with Gasteiger partial charge in [0.15, 0.2) is 0 Å². The first-order valence-corrected chi connectivity index (χ1v) is 20.1. The van der Waals surface area contributed by atoms with Gasteiger partial charge in [0.05, 0.1) is 29.4 Å². The lowest BCUT2D eigenvalue weighted by Gasteiger charge is -2.69. The first-order chi connectivity index (χ1) is 24.3. The third-order valence-corrected chi connectivity index (χ3v) is 18.0. The number of benzene rings is 1. The maximum absolute atomic E-state index is 13.9. The second-order valence-electron chi connectivity index (χ2n) is 18.1. The molecule has 276 valence electrons. The molecule has 2 aromatic heterocycles. The van der Waals surface area contributed by atoms with Crippen molar-refractivity contribution >= 4 is 14.5 Å². The molecule has 4 heterocycles. The number of ether oxygens (including phenoxy) is 2. The highest BCUT2D eigenvalue weighted by molar-refractivity contribution is 6.73. The number of pyridine rings is 1. The lowest BCUT2D eigenvalue weighted by atomic mass is 9.42. The summed E-state index contributed by atoms with van der Waals surface area (Å²) < 4.78 is 33.6. The number of aliphatic hydroxyl groups is 1. The number of esters is 1. The molecule has 0 spiro atoms. The summed E-state index contributed by atoms with van der Waals surface area (Å²) in [6.45, 7) is 20.0. The fourth-order valence-corrected chi connectivity index (χ4v) is 15.9. The van der Waals surface area contributed by atoms with E-state index in [0.29, 0.717) is 36.1 Å². The summed E-state index contributed by atoms with van der Waals surface area (Å²) in [4.78, 5) is 31.9. The van der Waals surface area contributed by atoms with Crippen molar-refractivity contribution in [3.05, 3.63) is 82.0 Å². The number of rotatable bonds is 3. The van der Waals surface area contributed by atoms with Gasteiger partial charge in [-0.2, -0.15) is 5.26 Å². The van der Waals surface area contributed by atoms with Crippen molar-refractivity contribution in [2.45, 2.75) is 116 Å². The highest BCUT2D eigenvalue weighted by atomic mass is 28.4. The third-order valence-electron chi connectivity index (χ3n) is 12.9. The summed E-state index contributed by atoms with van der Waals surface area (Å²) in [7, 11) is -2.81. The second-order valence-corrected chi connectivity index (χ2v) is 22.8. The number of hydrogen-bond donors (Lipinski definition) is 1. The van der Waals surface area contributed by atoms with Crippen molar-refractivity contribution in [2.75, 3.05) is 6.61 Å². The van der Waals surface area contributed by atoms with E-state index in [1.54, 1.807) is 54.9 Å². The van der Waals surface area contributed by atoms with Gasteiger partial charge in [0.2, 0.25) is 0 Å². The Labute approximate surface area is 306 Å². The molecule has 2 saturated carbocycles. The van der Waals surface area contributed by atoms with E-state index in [9.17, 15) is 20.0 Å². The van der Waals surface area contributed by atoms with Crippen LogP contribution in [0.4, 0.5) is 0 Å². The molecule has 3 fully saturated rings. The smallest absolute Gasteiger partial charge is 0.349 e. The minimum Gasteiger partial charge on any atom is -0.482 e. The van der Waals surface area contributed by atoms with Crippen molar-refractivity contribution in [2.24, 2.45) is 22.7 Å². The lowest BCUT2D eigenvalue weighted by Crippen LogP contribution is -2.74. The first-order valence-electron chi connectivity index (χ1n) is 18.3. The zero-order valence-corrected chi connectivity index (χ0v) is 32.6. The predicted molar refractivity (Wildman–Crippen MR) is 196 cm³/mol. The monoisotopic (exact) mass is 726 g/mol. The van der Waals surface area contributed by atoms with E-state index in [1.165, 1.54) is 0 Å². The SMILES string of the molecule is CC(C)(C)[Si]1(C(C)(C)C)OC[C@@]2(C)C3C[C@H](OC(=O)c4ccc(C#N)cc4)[C@@]4(C)Oc5cc(-c6cccnc6)oc(=O)c5C(O)C4[C@@]3(C)CC[C@@H]2O1. The van der Waals surface area contributed by atoms with Crippen molar-refractivity contribution in [3.8, 4) is 23.1 Å². The van der Waals surface area contributed by atoms with Crippen LogP contribution >= 0.6 is 0 Å². The standard InChI is InChI=1S/C41H50N2O8Si/c1-37(2,3)52(38(4,5)6)47-23-40(8)29-20-31(49-35(45)25-14-12-24(21-42)13-15-25)41(9)34(39(29,7)17-16-30(40)51-52)33(44)32-28(50-41)19-27(48-36(32)46)26-11-10-18-43-22-26/h10-15,18-19,22,29-31,33-34,44H,16-17,20,23H2,1-9H3/t29?,30-,31-,33?,34?,39-,40-,41+/m0/s1. The van der Waals surface area contributed by atoms with Crippen LogP contribution in [0.25, 0.3) is 11.3 Å². The highest BCUT2D eigenvalue weighted by Gasteiger charge is 2.73. The maximum atomic E-state index is 13.9. The van der Waals surface area contributed by atoms with Crippen molar-refractivity contribution in [3.63, 3.8) is 0 Å². The molecular formula is C41H50N2O8Si. The van der Waals surface area contributed by atoms with Crippen molar-refractivity contribution < 1.29 is 32.6 Å². The number of nitrogens with zero attached hydrogens (tertiary/aromatic N) is 2. The maximum Gasteiger partial charge on any atom is 0.349 e. The zero-order chi connectivity index (χ0) is 37.6. The van der Waals surface area contributed by atoms with E-state index in [0.717, 1.165) is 6.42 Å². The van der Waals surface area contributed by atoms with Gasteiger partial charge < -0.3 is 27.8 Å². The summed E-state index contributed by atoms with van der Waals surface area (Å²) in [5.41, 5.74) is -1.64. The molecule has 2 aliphatic carbocycles. The number of carbonyl (C=O) groups is 1. The van der Waals surface area contributed by atoms with E-state index in [-0.39, 0.29) is 39.2 Å². The van der Waals surface area contributed by atoms with Crippen LogP contribution in [0.1, 0.15) is 109 Å². The van der Waals surface area contributed by atoms with Crippen LogP contribution in [-0.4, -0.2) is 49.0 Å². The van der Waals surface area contributed by atoms with Crippen molar-refractivity contribution in [1.82, 2.24) is 4.98 Å². The molecule has 8 atom stereocenters. The normalized spacial score (nSPS) is 33.6. The van der Waals surface area contributed by atoms with Gasteiger partial charge in [0.25, 0.3) is 0 Å². The predicted octanol–water partition coefficient (Wildman–Crippen LogP) is 7.88. The molecule has 3 aromatic rings. The fourth-order valence-electron chi connectivity index (χ4n) is 10.7. The molecule has 4 aliphatic rings. The van der Waals surface area contributed by atoms with Crippen LogP contribution in [0.3, 0.4) is 0 Å². The molecule has 7 rings (SSSR count). The second kappa shape index (κ2) is 12.1. The topological polar surface area (TPSA) is 141 Å². The molecular weight excluding hydrogens is 677 g/mol. The Morgan fingerprint density at radius 1 is 1.06 bits per heavy atom. The van der Waals surface area contributed by atoms with Gasteiger partial charge in [-0.15, -0.1) is 0 Å². The summed E-state index contributed by atoms with van der Waals surface area (Å²) >= 11 is 0. The summed E-state index contributed by atoms with van der Waals surface area (Å²) in [5, 5.41) is 21.4. The van der Waals surface area contributed by atoms with E-state index in [2.05, 4.69) is 66.4 Å². The summed E-state index contributed by atoms with van der Waals surface area (Å²) in [6.07, 6.45) is 2.85. The summed E-state index contributed by atoms with van der Waals surface area (Å²) in [6, 6.07) is 13.6. The first kappa shape index (κ1) is 36.5. The molecule has 11 heteroatoms. The van der Waals surface area contributed by atoms with E-state index < -0.39 is 54.7 Å². The largest absolute Gasteiger partial charge is 0.482 e. The lowest BCUT2D eigenvalue weighted by molar-refractivity contribution is -0.270. The Balaban J connectivity index is 1.34. The molecule has 1 aromatic carbocycles. The Bertz CT molecular complexity index is 1960. The van der Waals surface area contributed by atoms with E-state index in [1.807, 2.05) is 6.92 Å². The van der Waals surface area contributed by atoms with Gasteiger partial charge >= 0.3 is 20.2 Å². The Hall–Kier alpha value is -3.82. The van der Waals surface area contributed by atoms with Crippen LogP contribution < -0.4 is 10.4 Å². The number of nitriles is 1. The van der Waals surface area contributed by atoms with Crippen LogP contribution in [-0.2, 0) is 13.6 Å². The van der Waals surface area contributed by atoms with E-state index >= 15 is 0 Å². The third kappa shape index (κ3) is 5.31. The van der Waals surface area contributed by atoms with Gasteiger partial charge in [-0.25, -0.2) is 9.59 Å². The summed E-state index contributed by atoms with van der Waals surface area (Å²) in [5.74, 6) is -0.926. The fraction of sp³-hybridized carbons (Fsp3) is 0.561. The Morgan fingerprint density at radius 3 is 2.37 bits per heavy atom. The number of aromatic nitrogens is 1. The minimum atomic E-state index is -2.81. The van der Waals surface area contributed by atoms with Crippen LogP contribution in [0.15, 0.2) is 64.1 Å². The minimum absolute atomic E-state index is 0.0597. The van der Waals surface area contributed by atoms with Gasteiger partial charge in [-0.05, 0) is 73.9 Å². The molecule has 1 saturated heterocycles. The molecule has 0 bridgehead atoms. The Morgan fingerprint density at radius 2 is 1.75 bits per heavy atom. The van der Waals surface area contributed by atoms with Crippen LogP contribution in [0, 0.1) is 34.0 Å². The molecule has 1 N–H and O–H groups in total. The van der Waals surface area contributed by atoms with Crippen LogP contribution in [0.5, 0.6) is 5.75 Å².